The molecule has 0 saturated heterocycles. The summed E-state index contributed by atoms with van der Waals surface area (Å²) in [4.78, 5) is 7.82. The molecule has 6 heteroatoms. The van der Waals surface area contributed by atoms with E-state index in [0.29, 0.717) is 0 Å². The maximum Gasteiger partial charge on any atom is 0.138 e. The molecule has 2 N–H and O–H groups in total. The maximum atomic E-state index is 14.4. The van der Waals surface area contributed by atoms with Crippen LogP contribution in [-0.4, -0.2) is 14.1 Å². The Morgan fingerprint density at radius 1 is 0.750 bits per heavy atom. The molecule has 0 atom stereocenters. The van der Waals surface area contributed by atoms with Gasteiger partial charge in [0.1, 0.15) is 11.6 Å². The lowest BCUT2D eigenvalue weighted by Gasteiger charge is -2.05. The molecular formula is C14H14F2N4. The molecule has 0 aromatic heterocycles. The van der Waals surface area contributed by atoms with Gasteiger partial charge in [0, 0.05) is 25.2 Å². The van der Waals surface area contributed by atoms with Gasteiger partial charge in [-0.25, -0.2) is 8.78 Å². The van der Waals surface area contributed by atoms with Crippen LogP contribution < -0.4 is 21.4 Å². The third-order valence-corrected chi connectivity index (χ3v) is 3.49. The summed E-state index contributed by atoms with van der Waals surface area (Å²) >= 11 is 0. The second-order valence-electron chi connectivity index (χ2n) is 4.52. The summed E-state index contributed by atoms with van der Waals surface area (Å²) in [6.45, 7) is 2.87. The van der Waals surface area contributed by atoms with Crippen LogP contribution in [0.1, 0.15) is 11.1 Å². The lowest BCUT2D eigenvalue weighted by molar-refractivity contribution is 0.576. The van der Waals surface area contributed by atoms with Crippen LogP contribution in [0.5, 0.6) is 0 Å². The van der Waals surface area contributed by atoms with Crippen molar-refractivity contribution in [3.63, 3.8) is 0 Å². The van der Waals surface area contributed by atoms with E-state index < -0.39 is 11.6 Å². The highest BCUT2D eigenvalue weighted by molar-refractivity contribution is 5.27. The molecule has 4 nitrogen and oxygen atoms in total. The van der Waals surface area contributed by atoms with E-state index in [-0.39, 0.29) is 43.0 Å². The van der Waals surface area contributed by atoms with Gasteiger partial charge in [0.2, 0.25) is 0 Å². The van der Waals surface area contributed by atoms with E-state index in [0.717, 1.165) is 0 Å². The van der Waals surface area contributed by atoms with E-state index in [1.807, 2.05) is 0 Å². The summed E-state index contributed by atoms with van der Waals surface area (Å²) in [5.74, 6) is -1.43. The van der Waals surface area contributed by atoms with Crippen LogP contribution in [0.4, 0.5) is 8.78 Å². The SMILES string of the molecule is CN=c1c(=N)c(C)c(F)c2c(=NC)c(=N)c(C)c(F)c1=2. The molecule has 0 bridgehead atoms. The van der Waals surface area contributed by atoms with Crippen LogP contribution in [0.25, 0.3) is 0 Å². The van der Waals surface area contributed by atoms with Crippen molar-refractivity contribution < 1.29 is 8.78 Å². The molecule has 0 radical (unpaired) electrons. The Hall–Kier alpha value is -2.24. The molecule has 104 valence electrons. The Morgan fingerprint density at radius 2 is 1.05 bits per heavy atom. The van der Waals surface area contributed by atoms with Crippen LogP contribution in [0.15, 0.2) is 9.98 Å². The summed E-state index contributed by atoms with van der Waals surface area (Å²) < 4.78 is 28.9. The minimum Gasteiger partial charge on any atom is -0.298 e. The van der Waals surface area contributed by atoms with E-state index in [2.05, 4.69) is 9.98 Å². The topological polar surface area (TPSA) is 72.4 Å². The third-order valence-electron chi connectivity index (χ3n) is 3.49. The number of hydrogen-bond acceptors (Lipinski definition) is 4. The van der Waals surface area contributed by atoms with E-state index in [1.165, 1.54) is 27.9 Å². The molecule has 2 rings (SSSR count). The second-order valence-corrected chi connectivity index (χ2v) is 4.52. The molecule has 0 aromatic carbocycles. The van der Waals surface area contributed by atoms with E-state index >= 15 is 0 Å². The molecular weight excluding hydrogens is 262 g/mol. The van der Waals surface area contributed by atoms with Crippen molar-refractivity contribution in [2.45, 2.75) is 13.8 Å². The van der Waals surface area contributed by atoms with E-state index in [1.54, 1.807) is 0 Å². The van der Waals surface area contributed by atoms with E-state index in [4.69, 9.17) is 10.8 Å². The van der Waals surface area contributed by atoms with Crippen LogP contribution in [0, 0.1) is 46.7 Å². The summed E-state index contributed by atoms with van der Waals surface area (Å²) in [6, 6.07) is 0. The van der Waals surface area contributed by atoms with Gasteiger partial charge in [-0.3, -0.25) is 20.8 Å². The monoisotopic (exact) mass is 276 g/mol. The average Bonchev–Trinajstić information content (AvgIpc) is 2.44. The number of nitrogens with zero attached hydrogens (tertiary/aromatic N) is 2. The summed E-state index contributed by atoms with van der Waals surface area (Å²) in [5, 5.41) is 15.5. The van der Waals surface area contributed by atoms with Crippen LogP contribution in [0.2, 0.25) is 0 Å². The molecule has 0 aliphatic heterocycles. The number of halogens is 2. The molecule has 0 unspecified atom stereocenters. The van der Waals surface area contributed by atoms with Crippen molar-refractivity contribution in [3.05, 3.63) is 54.6 Å². The van der Waals surface area contributed by atoms with Gasteiger partial charge in [-0.1, -0.05) is 0 Å². The van der Waals surface area contributed by atoms with Gasteiger partial charge in [0.15, 0.2) is 0 Å². The summed E-state index contributed by atoms with van der Waals surface area (Å²) in [7, 11) is 2.85. The first-order valence-corrected chi connectivity index (χ1v) is 5.97. The van der Waals surface area contributed by atoms with Crippen molar-refractivity contribution in [2.75, 3.05) is 14.1 Å². The molecule has 2 aliphatic rings. The fraction of sp³-hybridized carbons (Fsp3) is 0.286. The van der Waals surface area contributed by atoms with Gasteiger partial charge in [0.05, 0.1) is 31.9 Å². The molecule has 20 heavy (non-hydrogen) atoms. The molecule has 0 aromatic rings. The Balaban J connectivity index is 3.64. The smallest absolute Gasteiger partial charge is 0.138 e. The highest BCUT2D eigenvalue weighted by Crippen LogP contribution is 2.05. The van der Waals surface area contributed by atoms with Crippen molar-refractivity contribution >= 4 is 0 Å². The zero-order valence-corrected chi connectivity index (χ0v) is 11.7. The first-order chi connectivity index (χ1) is 9.36. The number of nitrogens with one attached hydrogen (secondary N) is 2. The molecule has 0 amide bonds. The van der Waals surface area contributed by atoms with Crippen molar-refractivity contribution in [3.8, 4) is 0 Å². The lowest BCUT2D eigenvalue weighted by Crippen LogP contribution is -2.38. The van der Waals surface area contributed by atoms with Gasteiger partial charge < -0.3 is 0 Å². The van der Waals surface area contributed by atoms with Gasteiger partial charge in [0.25, 0.3) is 0 Å². The molecule has 0 saturated carbocycles. The van der Waals surface area contributed by atoms with Gasteiger partial charge in [-0.05, 0) is 13.8 Å². The van der Waals surface area contributed by atoms with E-state index in [9.17, 15) is 8.78 Å². The Kier molecular flexibility index (Phi) is 3.33. The first kappa shape index (κ1) is 14.2. The Bertz CT molecular complexity index is 914. The van der Waals surface area contributed by atoms with Gasteiger partial charge >= 0.3 is 0 Å². The second kappa shape index (κ2) is 4.70. The molecule has 2 aliphatic carbocycles. The minimum atomic E-state index is -0.717. The predicted molar refractivity (Wildman–Crippen MR) is 68.2 cm³/mol. The fourth-order valence-electron chi connectivity index (χ4n) is 2.31. The van der Waals surface area contributed by atoms with Crippen LogP contribution >= 0.6 is 0 Å². The number of rotatable bonds is 0. The number of hydrogen-bond donors (Lipinski definition) is 2. The third kappa shape index (κ3) is 1.64. The minimum absolute atomic E-state index is 0.0744. The van der Waals surface area contributed by atoms with Crippen LogP contribution in [0.3, 0.4) is 0 Å². The first-order valence-electron chi connectivity index (χ1n) is 5.97. The zero-order chi connectivity index (χ0) is 15.2. The van der Waals surface area contributed by atoms with Gasteiger partial charge in [-0.15, -0.1) is 0 Å². The normalized spacial score (nSPS) is 13.5. The highest BCUT2D eigenvalue weighted by Gasteiger charge is 2.15. The zero-order valence-electron chi connectivity index (χ0n) is 11.7. The van der Waals surface area contributed by atoms with Crippen LogP contribution in [-0.2, 0) is 0 Å². The average molecular weight is 276 g/mol. The largest absolute Gasteiger partial charge is 0.298 e. The predicted octanol–water partition coefficient (Wildman–Crippen LogP) is 0.202. The highest BCUT2D eigenvalue weighted by atomic mass is 19.1. The molecule has 0 spiro atoms. The molecule has 0 heterocycles. The quantitative estimate of drug-likeness (QED) is 0.690. The maximum absolute atomic E-state index is 14.4. The standard InChI is InChI=1S/C14H14F2N4/c1-5-9(15)7-8(13(19-3)11(5)17)10(16)6(2)12(18)14(7)20-4/h17-18H,1-4H3. The van der Waals surface area contributed by atoms with Crippen molar-refractivity contribution in [2.24, 2.45) is 9.98 Å². The van der Waals surface area contributed by atoms with Crippen molar-refractivity contribution in [1.82, 2.24) is 0 Å². The summed E-state index contributed by atoms with van der Waals surface area (Å²) in [6.07, 6.45) is 0. The fourth-order valence-corrected chi connectivity index (χ4v) is 2.31. The Morgan fingerprint density at radius 3 is 1.30 bits per heavy atom. The molecule has 0 fully saturated rings. The van der Waals surface area contributed by atoms with Gasteiger partial charge in [-0.2, -0.15) is 0 Å². The lowest BCUT2D eigenvalue weighted by atomic mass is 10.0. The Labute approximate surface area is 113 Å². The van der Waals surface area contributed by atoms with Crippen molar-refractivity contribution in [1.29, 1.82) is 10.8 Å². The summed E-state index contributed by atoms with van der Waals surface area (Å²) in [5.41, 5.74) is 0.149.